The Hall–Kier alpha value is -2.59. The van der Waals surface area contributed by atoms with Crippen LogP contribution in [-0.4, -0.2) is 7.11 Å². The second-order valence-corrected chi connectivity index (χ2v) is 6.87. The fraction of sp³-hybridized carbons (Fsp3) is 0.238. The van der Waals surface area contributed by atoms with Gasteiger partial charge in [0.05, 0.1) is 13.2 Å². The lowest BCUT2D eigenvalue weighted by atomic mass is 9.92. The molecule has 0 amide bonds. The first-order chi connectivity index (χ1) is 12.5. The molecular formula is C21H20ClNO3. The van der Waals surface area contributed by atoms with E-state index in [-0.39, 0.29) is 22.7 Å². The summed E-state index contributed by atoms with van der Waals surface area (Å²) in [5, 5.41) is -0.00704. The molecule has 0 N–H and O–H groups in total. The molecule has 0 aliphatic rings. The highest BCUT2D eigenvalue weighted by atomic mass is 35.5. The normalized spacial score (nSPS) is 12.3. The highest BCUT2D eigenvalue weighted by molar-refractivity contribution is 6.34. The first-order valence-corrected chi connectivity index (χ1v) is 8.80. The largest absolute Gasteiger partial charge is 0.497 e. The van der Waals surface area contributed by atoms with Crippen molar-refractivity contribution in [2.24, 2.45) is 5.92 Å². The number of hydrogen-bond donors (Lipinski definition) is 0. The van der Waals surface area contributed by atoms with Crippen molar-refractivity contribution < 1.29 is 4.74 Å². The van der Waals surface area contributed by atoms with Crippen LogP contribution in [0.15, 0.2) is 64.2 Å². The Labute approximate surface area is 157 Å². The minimum atomic E-state index is -0.629. The van der Waals surface area contributed by atoms with E-state index in [9.17, 15) is 9.59 Å². The van der Waals surface area contributed by atoms with Gasteiger partial charge in [-0.25, -0.2) is 0 Å². The van der Waals surface area contributed by atoms with Gasteiger partial charge in [-0.05, 0) is 35.7 Å². The highest BCUT2D eigenvalue weighted by Crippen LogP contribution is 2.40. The van der Waals surface area contributed by atoms with Gasteiger partial charge in [-0.15, -0.1) is 0 Å². The van der Waals surface area contributed by atoms with Gasteiger partial charge in [0.25, 0.3) is 5.43 Å². The van der Waals surface area contributed by atoms with Crippen molar-refractivity contribution in [2.45, 2.75) is 19.9 Å². The van der Waals surface area contributed by atoms with Crippen LogP contribution in [0.1, 0.15) is 25.5 Å². The monoisotopic (exact) mass is 369 g/mol. The Kier molecular flexibility index (Phi) is 5.14. The van der Waals surface area contributed by atoms with E-state index in [1.165, 1.54) is 0 Å². The minimum absolute atomic E-state index is 0.00704. The Morgan fingerprint density at radius 3 is 2.04 bits per heavy atom. The number of ether oxygens (including phenoxy) is 1. The molecule has 0 aromatic heterocycles. The highest BCUT2D eigenvalue weighted by Gasteiger charge is 2.33. The van der Waals surface area contributed by atoms with Crippen molar-refractivity contribution in [3.63, 3.8) is 0 Å². The number of hydrogen-bond acceptors (Lipinski definition) is 4. The van der Waals surface area contributed by atoms with Crippen LogP contribution in [0.25, 0.3) is 0 Å². The molecule has 0 fully saturated rings. The number of rotatable bonds is 6. The zero-order valence-corrected chi connectivity index (χ0v) is 15.7. The molecule has 1 atom stereocenters. The molecule has 0 heterocycles. The standard InChI is InChI=1S/C21H20ClNO3/c1-13(2)18(14-7-5-4-6-8-14)23(19-17(22)20(24)21(19)25)15-9-11-16(26-3)12-10-15/h4-13,18H,1-3H3. The molecular weight excluding hydrogens is 350 g/mol. The molecule has 3 aromatic rings. The second-order valence-electron chi connectivity index (χ2n) is 6.49. The van der Waals surface area contributed by atoms with Crippen molar-refractivity contribution in [3.8, 4) is 5.75 Å². The van der Waals surface area contributed by atoms with Gasteiger partial charge < -0.3 is 9.64 Å². The lowest BCUT2D eigenvalue weighted by molar-refractivity contribution is 0.414. The first kappa shape index (κ1) is 18.2. The van der Waals surface area contributed by atoms with E-state index < -0.39 is 10.9 Å². The van der Waals surface area contributed by atoms with E-state index in [2.05, 4.69) is 13.8 Å². The predicted molar refractivity (Wildman–Crippen MR) is 106 cm³/mol. The molecule has 0 aliphatic heterocycles. The third-order valence-corrected chi connectivity index (χ3v) is 4.82. The van der Waals surface area contributed by atoms with Crippen LogP contribution in [0, 0.1) is 5.92 Å². The van der Waals surface area contributed by atoms with Crippen LogP contribution >= 0.6 is 11.6 Å². The fourth-order valence-corrected chi connectivity index (χ4v) is 3.48. The van der Waals surface area contributed by atoms with Gasteiger partial charge in [0.2, 0.25) is 5.43 Å². The topological polar surface area (TPSA) is 46.6 Å². The summed E-state index contributed by atoms with van der Waals surface area (Å²) in [5.41, 5.74) is 0.900. The van der Waals surface area contributed by atoms with E-state index in [1.807, 2.05) is 59.5 Å². The lowest BCUT2D eigenvalue weighted by Gasteiger charge is -2.37. The fourth-order valence-electron chi connectivity index (χ4n) is 3.22. The van der Waals surface area contributed by atoms with Crippen LogP contribution in [0.2, 0.25) is 5.02 Å². The molecule has 3 rings (SSSR count). The van der Waals surface area contributed by atoms with E-state index in [4.69, 9.17) is 16.3 Å². The molecule has 0 saturated carbocycles. The molecule has 0 saturated heterocycles. The Morgan fingerprint density at radius 2 is 1.54 bits per heavy atom. The summed E-state index contributed by atoms with van der Waals surface area (Å²) in [6, 6.07) is 17.1. The lowest BCUT2D eigenvalue weighted by Crippen LogP contribution is -2.41. The molecule has 0 bridgehead atoms. The van der Waals surface area contributed by atoms with Crippen molar-refractivity contribution >= 4 is 23.0 Å². The molecule has 5 heteroatoms. The molecule has 3 aromatic carbocycles. The Morgan fingerprint density at radius 1 is 0.923 bits per heavy atom. The zero-order chi connectivity index (χ0) is 18.8. The van der Waals surface area contributed by atoms with Gasteiger partial charge >= 0.3 is 0 Å². The molecule has 0 radical (unpaired) electrons. The van der Waals surface area contributed by atoms with Crippen LogP contribution in [0.5, 0.6) is 5.75 Å². The SMILES string of the molecule is COc1ccc(N(c2c(Cl)c(=O)c2=O)C(c2ccccc2)C(C)C)cc1. The molecule has 26 heavy (non-hydrogen) atoms. The maximum absolute atomic E-state index is 12.3. The summed E-state index contributed by atoms with van der Waals surface area (Å²) in [6.07, 6.45) is 0. The summed E-state index contributed by atoms with van der Waals surface area (Å²) in [4.78, 5) is 25.9. The quantitative estimate of drug-likeness (QED) is 0.601. The van der Waals surface area contributed by atoms with E-state index in [0.29, 0.717) is 5.75 Å². The second kappa shape index (κ2) is 7.34. The maximum atomic E-state index is 12.3. The smallest absolute Gasteiger partial charge is 0.252 e. The summed E-state index contributed by atoms with van der Waals surface area (Å²) < 4.78 is 5.22. The van der Waals surface area contributed by atoms with Crippen molar-refractivity contribution in [3.05, 3.63) is 85.6 Å². The van der Waals surface area contributed by atoms with Gasteiger partial charge in [0, 0.05) is 5.69 Å². The Balaban J connectivity index is 2.19. The van der Waals surface area contributed by atoms with Crippen molar-refractivity contribution in [1.82, 2.24) is 0 Å². The zero-order valence-electron chi connectivity index (χ0n) is 14.9. The minimum Gasteiger partial charge on any atom is -0.497 e. The average Bonchev–Trinajstić information content (AvgIpc) is 2.67. The van der Waals surface area contributed by atoms with Crippen molar-refractivity contribution in [1.29, 1.82) is 0 Å². The molecule has 134 valence electrons. The van der Waals surface area contributed by atoms with Crippen LogP contribution in [0.4, 0.5) is 11.4 Å². The summed E-state index contributed by atoms with van der Waals surface area (Å²) in [5.74, 6) is 0.880. The number of benzene rings is 2. The van der Waals surface area contributed by atoms with E-state index >= 15 is 0 Å². The van der Waals surface area contributed by atoms with E-state index in [1.54, 1.807) is 7.11 Å². The maximum Gasteiger partial charge on any atom is 0.252 e. The van der Waals surface area contributed by atoms with E-state index in [0.717, 1.165) is 11.3 Å². The average molecular weight is 370 g/mol. The summed E-state index contributed by atoms with van der Waals surface area (Å²) >= 11 is 6.14. The number of anilines is 2. The summed E-state index contributed by atoms with van der Waals surface area (Å²) in [7, 11) is 1.60. The van der Waals surface area contributed by atoms with Gasteiger partial charge in [-0.1, -0.05) is 55.8 Å². The predicted octanol–water partition coefficient (Wildman–Crippen LogP) is 4.48. The third kappa shape index (κ3) is 3.13. The van der Waals surface area contributed by atoms with Crippen LogP contribution in [0.3, 0.4) is 0 Å². The number of nitrogens with zero attached hydrogens (tertiary/aromatic N) is 1. The van der Waals surface area contributed by atoms with Crippen LogP contribution < -0.4 is 20.5 Å². The number of halogens is 1. The number of methoxy groups -OCH3 is 1. The van der Waals surface area contributed by atoms with Gasteiger partial charge in [-0.2, -0.15) is 0 Å². The molecule has 1 unspecified atom stereocenters. The first-order valence-electron chi connectivity index (χ1n) is 8.42. The Bertz CT molecular complexity index is 957. The van der Waals surface area contributed by atoms with Crippen molar-refractivity contribution in [2.75, 3.05) is 12.0 Å². The van der Waals surface area contributed by atoms with Gasteiger partial charge in [0.15, 0.2) is 0 Å². The van der Waals surface area contributed by atoms with Gasteiger partial charge in [-0.3, -0.25) is 9.59 Å². The summed E-state index contributed by atoms with van der Waals surface area (Å²) in [6.45, 7) is 4.15. The van der Waals surface area contributed by atoms with Gasteiger partial charge in [0.1, 0.15) is 16.5 Å². The molecule has 0 aliphatic carbocycles. The molecule has 4 nitrogen and oxygen atoms in total. The van der Waals surface area contributed by atoms with Crippen LogP contribution in [-0.2, 0) is 0 Å². The molecule has 0 spiro atoms. The third-order valence-electron chi connectivity index (χ3n) is 4.47.